The second-order valence-electron chi connectivity index (χ2n) is 5.12. The van der Waals surface area contributed by atoms with Crippen molar-refractivity contribution in [3.8, 4) is 0 Å². The summed E-state index contributed by atoms with van der Waals surface area (Å²) in [5, 5.41) is 8.25. The average Bonchev–Trinajstić information content (AvgIpc) is 3.24. The summed E-state index contributed by atoms with van der Waals surface area (Å²) < 4.78 is 0. The van der Waals surface area contributed by atoms with Crippen molar-refractivity contribution < 1.29 is 4.79 Å². The second kappa shape index (κ2) is 4.53. The highest BCUT2D eigenvalue weighted by atomic mass is 16.2. The van der Waals surface area contributed by atoms with Crippen molar-refractivity contribution in [3.63, 3.8) is 0 Å². The Morgan fingerprint density at radius 3 is 2.58 bits per heavy atom. The minimum Gasteiger partial charge on any atom is -0.401 e. The number of rotatable bonds is 3. The Labute approximate surface area is 112 Å². The summed E-state index contributed by atoms with van der Waals surface area (Å²) in [4.78, 5) is 14.4. The molecular weight excluding hydrogens is 238 g/mol. The number of carbonyl (C=O) groups is 1. The number of benzene rings is 1. The molecule has 2 aliphatic rings. The first kappa shape index (κ1) is 12.0. The van der Waals surface area contributed by atoms with E-state index in [1.807, 2.05) is 35.2 Å². The van der Waals surface area contributed by atoms with Gasteiger partial charge >= 0.3 is 0 Å². The van der Waals surface area contributed by atoms with Gasteiger partial charge in [-0.1, -0.05) is 30.3 Å². The number of hydrogen-bond acceptors (Lipinski definition) is 3. The maximum absolute atomic E-state index is 12.5. The zero-order valence-corrected chi connectivity index (χ0v) is 10.7. The fourth-order valence-electron chi connectivity index (χ4n) is 2.50. The summed E-state index contributed by atoms with van der Waals surface area (Å²) in [5.74, 6) is -0.0693. The molecule has 0 saturated heterocycles. The monoisotopic (exact) mass is 255 g/mol. The van der Waals surface area contributed by atoms with Crippen molar-refractivity contribution in [2.24, 2.45) is 5.73 Å². The molecule has 1 aromatic rings. The SMILES string of the molecule is N=C(C1=C(N)CCN(C2CC2)C1=O)c1ccccc1. The molecule has 4 nitrogen and oxygen atoms in total. The molecule has 1 aliphatic carbocycles. The normalized spacial score (nSPS) is 19.8. The van der Waals surface area contributed by atoms with E-state index >= 15 is 0 Å². The maximum atomic E-state index is 12.5. The molecule has 0 unspecified atom stereocenters. The summed E-state index contributed by atoms with van der Waals surface area (Å²) in [6.45, 7) is 0.695. The van der Waals surface area contributed by atoms with Gasteiger partial charge in [0.1, 0.15) is 0 Å². The van der Waals surface area contributed by atoms with Crippen LogP contribution in [-0.2, 0) is 4.79 Å². The van der Waals surface area contributed by atoms with Gasteiger partial charge in [-0.25, -0.2) is 0 Å². The van der Waals surface area contributed by atoms with Gasteiger partial charge in [-0.05, 0) is 12.8 Å². The first-order chi connectivity index (χ1) is 9.18. The van der Waals surface area contributed by atoms with Crippen LogP contribution < -0.4 is 5.73 Å². The lowest BCUT2D eigenvalue weighted by Gasteiger charge is -2.29. The van der Waals surface area contributed by atoms with Crippen LogP contribution in [0.4, 0.5) is 0 Å². The molecule has 1 amide bonds. The molecule has 3 N–H and O–H groups in total. The Morgan fingerprint density at radius 1 is 1.26 bits per heavy atom. The van der Waals surface area contributed by atoms with Crippen LogP contribution >= 0.6 is 0 Å². The zero-order valence-electron chi connectivity index (χ0n) is 10.7. The smallest absolute Gasteiger partial charge is 0.258 e. The highest BCUT2D eigenvalue weighted by Crippen LogP contribution is 2.31. The van der Waals surface area contributed by atoms with Gasteiger partial charge in [-0.3, -0.25) is 10.2 Å². The fraction of sp³-hybridized carbons (Fsp3) is 0.333. The molecule has 0 aromatic heterocycles. The number of nitrogens with two attached hydrogens (primary N) is 1. The van der Waals surface area contributed by atoms with Gasteiger partial charge in [0.15, 0.2) is 0 Å². The average molecular weight is 255 g/mol. The molecule has 3 rings (SSSR count). The van der Waals surface area contributed by atoms with E-state index in [1.54, 1.807) is 0 Å². The van der Waals surface area contributed by atoms with Crippen LogP contribution in [0, 0.1) is 5.41 Å². The third-order valence-corrected chi connectivity index (χ3v) is 3.72. The molecule has 0 bridgehead atoms. The van der Waals surface area contributed by atoms with E-state index in [-0.39, 0.29) is 11.6 Å². The summed E-state index contributed by atoms with van der Waals surface area (Å²) in [5.41, 5.74) is 7.91. The Morgan fingerprint density at radius 2 is 1.95 bits per heavy atom. The summed E-state index contributed by atoms with van der Waals surface area (Å²) in [6, 6.07) is 9.68. The number of amides is 1. The minimum absolute atomic E-state index is 0.0693. The quantitative estimate of drug-likeness (QED) is 0.806. The largest absolute Gasteiger partial charge is 0.401 e. The summed E-state index contributed by atoms with van der Waals surface area (Å²) >= 11 is 0. The van der Waals surface area contributed by atoms with E-state index < -0.39 is 0 Å². The Kier molecular flexibility index (Phi) is 2.85. The standard InChI is InChI=1S/C15H17N3O/c16-12-8-9-18(11-6-7-11)15(19)13(12)14(17)10-4-2-1-3-5-10/h1-5,11,17H,6-9,16H2. The van der Waals surface area contributed by atoms with E-state index in [1.165, 1.54) is 0 Å². The lowest BCUT2D eigenvalue weighted by molar-refractivity contribution is -0.127. The first-order valence-electron chi connectivity index (χ1n) is 6.62. The number of hydrogen-bond donors (Lipinski definition) is 2. The van der Waals surface area contributed by atoms with Crippen LogP contribution in [0.3, 0.4) is 0 Å². The van der Waals surface area contributed by atoms with Gasteiger partial charge in [0.05, 0.1) is 11.3 Å². The predicted octanol–water partition coefficient (Wildman–Crippen LogP) is 1.66. The molecule has 4 heteroatoms. The Balaban J connectivity index is 1.93. The molecule has 19 heavy (non-hydrogen) atoms. The molecule has 1 aliphatic heterocycles. The zero-order chi connectivity index (χ0) is 13.4. The highest BCUT2D eigenvalue weighted by molar-refractivity contribution is 6.27. The third-order valence-electron chi connectivity index (χ3n) is 3.72. The first-order valence-corrected chi connectivity index (χ1v) is 6.62. The van der Waals surface area contributed by atoms with Gasteiger partial charge in [-0.15, -0.1) is 0 Å². The van der Waals surface area contributed by atoms with Gasteiger partial charge in [-0.2, -0.15) is 0 Å². The molecule has 1 aromatic carbocycles. The predicted molar refractivity (Wildman–Crippen MR) is 73.8 cm³/mol. The van der Waals surface area contributed by atoms with Gasteiger partial charge in [0.25, 0.3) is 5.91 Å². The van der Waals surface area contributed by atoms with Gasteiger partial charge in [0, 0.05) is 30.3 Å². The molecule has 1 fully saturated rings. The third kappa shape index (κ3) is 2.14. The van der Waals surface area contributed by atoms with Crippen LogP contribution in [0.2, 0.25) is 0 Å². The van der Waals surface area contributed by atoms with Gasteiger partial charge < -0.3 is 10.6 Å². The van der Waals surface area contributed by atoms with Gasteiger partial charge in [0.2, 0.25) is 0 Å². The minimum atomic E-state index is -0.0693. The van der Waals surface area contributed by atoms with Crippen LogP contribution in [0.1, 0.15) is 24.8 Å². The van der Waals surface area contributed by atoms with E-state index in [2.05, 4.69) is 0 Å². The molecule has 0 spiro atoms. The van der Waals surface area contributed by atoms with Crippen LogP contribution in [0.25, 0.3) is 0 Å². The summed E-state index contributed by atoms with van der Waals surface area (Å²) in [6.07, 6.45) is 2.84. The van der Waals surface area contributed by atoms with Crippen LogP contribution in [0.5, 0.6) is 0 Å². The number of nitrogens with zero attached hydrogens (tertiary/aromatic N) is 1. The Bertz CT molecular complexity index is 558. The molecule has 1 saturated carbocycles. The number of carbonyl (C=O) groups excluding carboxylic acids is 1. The van der Waals surface area contributed by atoms with E-state index in [4.69, 9.17) is 11.1 Å². The van der Waals surface area contributed by atoms with E-state index in [9.17, 15) is 4.79 Å². The van der Waals surface area contributed by atoms with E-state index in [0.29, 0.717) is 30.3 Å². The highest BCUT2D eigenvalue weighted by Gasteiger charge is 2.38. The van der Waals surface area contributed by atoms with E-state index in [0.717, 1.165) is 18.4 Å². The molecule has 0 radical (unpaired) electrons. The van der Waals surface area contributed by atoms with Crippen molar-refractivity contribution >= 4 is 11.6 Å². The van der Waals surface area contributed by atoms with Crippen molar-refractivity contribution in [1.82, 2.24) is 4.90 Å². The van der Waals surface area contributed by atoms with Crippen molar-refractivity contribution in [3.05, 3.63) is 47.2 Å². The molecular formula is C15H17N3O. The van der Waals surface area contributed by atoms with Crippen molar-refractivity contribution in [1.29, 1.82) is 5.41 Å². The van der Waals surface area contributed by atoms with Crippen LogP contribution in [-0.4, -0.2) is 29.1 Å². The fourth-order valence-corrected chi connectivity index (χ4v) is 2.50. The number of nitrogens with one attached hydrogen (secondary N) is 1. The summed E-state index contributed by atoms with van der Waals surface area (Å²) in [7, 11) is 0. The second-order valence-corrected chi connectivity index (χ2v) is 5.12. The lowest BCUT2D eigenvalue weighted by Crippen LogP contribution is -2.42. The van der Waals surface area contributed by atoms with Crippen molar-refractivity contribution in [2.75, 3.05) is 6.54 Å². The topological polar surface area (TPSA) is 70.2 Å². The molecule has 98 valence electrons. The lowest BCUT2D eigenvalue weighted by atomic mass is 9.95. The Hall–Kier alpha value is -2.10. The van der Waals surface area contributed by atoms with Crippen LogP contribution in [0.15, 0.2) is 41.6 Å². The maximum Gasteiger partial charge on any atom is 0.258 e. The molecule has 0 atom stereocenters. The molecule has 1 heterocycles. The van der Waals surface area contributed by atoms with Crippen molar-refractivity contribution in [2.45, 2.75) is 25.3 Å².